The SMILES string of the molecule is CS(=O)(=O)CCSCC1CCC(C(=O)NN)O1. The minimum atomic E-state index is -2.89. The fourth-order valence-corrected chi connectivity index (χ4v) is 3.90. The lowest BCUT2D eigenvalue weighted by molar-refractivity contribution is -0.131. The van der Waals surface area contributed by atoms with E-state index in [0.717, 1.165) is 6.42 Å². The first-order chi connectivity index (χ1) is 7.92. The number of hydrogen-bond donors (Lipinski definition) is 2. The van der Waals surface area contributed by atoms with Crippen LogP contribution in [-0.2, 0) is 19.4 Å². The number of hydrazine groups is 1. The van der Waals surface area contributed by atoms with Gasteiger partial charge in [-0.3, -0.25) is 10.2 Å². The average molecular weight is 282 g/mol. The molecule has 1 rings (SSSR count). The number of nitrogens with two attached hydrogens (primary N) is 1. The lowest BCUT2D eigenvalue weighted by Gasteiger charge is -2.11. The molecule has 17 heavy (non-hydrogen) atoms. The molecule has 0 aliphatic carbocycles. The van der Waals surface area contributed by atoms with Crippen LogP contribution in [0.15, 0.2) is 0 Å². The number of rotatable bonds is 6. The molecule has 0 saturated carbocycles. The Hall–Kier alpha value is -0.310. The van der Waals surface area contributed by atoms with E-state index in [0.29, 0.717) is 17.9 Å². The van der Waals surface area contributed by atoms with Gasteiger partial charge >= 0.3 is 0 Å². The van der Waals surface area contributed by atoms with Crippen LogP contribution in [-0.4, -0.2) is 50.0 Å². The Morgan fingerprint density at radius 2 is 2.24 bits per heavy atom. The van der Waals surface area contributed by atoms with E-state index in [4.69, 9.17) is 10.6 Å². The van der Waals surface area contributed by atoms with Gasteiger partial charge in [0.05, 0.1) is 11.9 Å². The van der Waals surface area contributed by atoms with Crippen LogP contribution in [0.5, 0.6) is 0 Å². The first kappa shape index (κ1) is 14.7. The van der Waals surface area contributed by atoms with Crippen LogP contribution in [0, 0.1) is 0 Å². The minimum Gasteiger partial charge on any atom is -0.364 e. The molecule has 1 aliphatic rings. The molecule has 0 aromatic rings. The number of nitrogens with one attached hydrogen (secondary N) is 1. The molecule has 0 aromatic carbocycles. The normalized spacial score (nSPS) is 24.8. The summed E-state index contributed by atoms with van der Waals surface area (Å²) in [6, 6.07) is 0. The van der Waals surface area contributed by atoms with Gasteiger partial charge in [-0.1, -0.05) is 0 Å². The van der Waals surface area contributed by atoms with Gasteiger partial charge in [-0.05, 0) is 12.8 Å². The van der Waals surface area contributed by atoms with Crippen molar-refractivity contribution >= 4 is 27.5 Å². The van der Waals surface area contributed by atoms with E-state index in [-0.39, 0.29) is 17.8 Å². The summed E-state index contributed by atoms with van der Waals surface area (Å²) in [4.78, 5) is 11.2. The summed E-state index contributed by atoms with van der Waals surface area (Å²) in [6.07, 6.45) is 2.26. The van der Waals surface area contributed by atoms with Crippen LogP contribution in [0.25, 0.3) is 0 Å². The standard InChI is InChI=1S/C9H18N2O4S2/c1-17(13,14)5-4-16-6-7-2-3-8(15-7)9(12)11-10/h7-8H,2-6,10H2,1H3,(H,11,12). The third-order valence-electron chi connectivity index (χ3n) is 2.44. The molecule has 1 saturated heterocycles. The van der Waals surface area contributed by atoms with Gasteiger partial charge in [0.2, 0.25) is 0 Å². The average Bonchev–Trinajstić information content (AvgIpc) is 2.70. The Labute approximate surface area is 106 Å². The van der Waals surface area contributed by atoms with Crippen molar-refractivity contribution in [1.82, 2.24) is 5.43 Å². The van der Waals surface area contributed by atoms with E-state index in [2.05, 4.69) is 5.43 Å². The Balaban J connectivity index is 2.16. The quantitative estimate of drug-likeness (QED) is 0.289. The van der Waals surface area contributed by atoms with E-state index < -0.39 is 15.9 Å². The molecule has 1 aliphatic heterocycles. The van der Waals surface area contributed by atoms with E-state index in [1.54, 1.807) is 0 Å². The monoisotopic (exact) mass is 282 g/mol. The molecule has 6 nitrogen and oxygen atoms in total. The maximum absolute atomic E-state index is 11.2. The molecule has 3 N–H and O–H groups in total. The number of thioether (sulfide) groups is 1. The molecule has 1 amide bonds. The van der Waals surface area contributed by atoms with Crippen LogP contribution < -0.4 is 11.3 Å². The molecule has 0 aromatic heterocycles. The third-order valence-corrected chi connectivity index (χ3v) is 4.75. The summed E-state index contributed by atoms with van der Waals surface area (Å²) in [5.41, 5.74) is 2.06. The third kappa shape index (κ3) is 5.71. The maximum atomic E-state index is 11.2. The van der Waals surface area contributed by atoms with Crippen LogP contribution in [0.4, 0.5) is 0 Å². The van der Waals surface area contributed by atoms with Crippen molar-refractivity contribution in [3.05, 3.63) is 0 Å². The predicted octanol–water partition coefficient (Wildman–Crippen LogP) is -0.698. The Morgan fingerprint density at radius 1 is 1.53 bits per heavy atom. The predicted molar refractivity (Wildman–Crippen MR) is 67.3 cm³/mol. The zero-order valence-corrected chi connectivity index (χ0v) is 11.4. The molecule has 1 heterocycles. The van der Waals surface area contributed by atoms with Crippen molar-refractivity contribution in [1.29, 1.82) is 0 Å². The van der Waals surface area contributed by atoms with Crippen molar-refractivity contribution in [2.75, 3.05) is 23.5 Å². The van der Waals surface area contributed by atoms with Crippen LogP contribution in [0.2, 0.25) is 0 Å². The molecule has 1 fully saturated rings. The highest BCUT2D eigenvalue weighted by atomic mass is 32.2. The molecule has 8 heteroatoms. The molecule has 0 spiro atoms. The number of carbonyl (C=O) groups is 1. The van der Waals surface area contributed by atoms with E-state index >= 15 is 0 Å². The van der Waals surface area contributed by atoms with Gasteiger partial charge in [0.15, 0.2) is 0 Å². The largest absolute Gasteiger partial charge is 0.364 e. The van der Waals surface area contributed by atoms with Gasteiger partial charge in [0.25, 0.3) is 5.91 Å². The molecule has 100 valence electrons. The maximum Gasteiger partial charge on any atom is 0.263 e. The number of amides is 1. The van der Waals surface area contributed by atoms with Gasteiger partial charge < -0.3 is 4.74 Å². The summed E-state index contributed by atoms with van der Waals surface area (Å²) >= 11 is 1.53. The lowest BCUT2D eigenvalue weighted by Crippen LogP contribution is -2.39. The topological polar surface area (TPSA) is 98.5 Å². The van der Waals surface area contributed by atoms with Crippen LogP contribution in [0.1, 0.15) is 12.8 Å². The lowest BCUT2D eigenvalue weighted by atomic mass is 10.2. The molecule has 2 atom stereocenters. The highest BCUT2D eigenvalue weighted by Crippen LogP contribution is 2.22. The number of ether oxygens (including phenoxy) is 1. The van der Waals surface area contributed by atoms with E-state index in [9.17, 15) is 13.2 Å². The second-order valence-corrected chi connectivity index (χ2v) is 7.45. The van der Waals surface area contributed by atoms with Gasteiger partial charge in [0.1, 0.15) is 15.9 Å². The fourth-order valence-electron chi connectivity index (χ4n) is 1.54. The van der Waals surface area contributed by atoms with Gasteiger partial charge in [-0.15, -0.1) is 0 Å². The summed E-state index contributed by atoms with van der Waals surface area (Å²) in [5, 5.41) is 0. The smallest absolute Gasteiger partial charge is 0.263 e. The fraction of sp³-hybridized carbons (Fsp3) is 0.889. The van der Waals surface area contributed by atoms with Gasteiger partial charge in [0, 0.05) is 17.8 Å². The second-order valence-electron chi connectivity index (χ2n) is 4.04. The zero-order chi connectivity index (χ0) is 12.9. The van der Waals surface area contributed by atoms with Gasteiger partial charge in [-0.2, -0.15) is 11.8 Å². The van der Waals surface area contributed by atoms with Crippen LogP contribution >= 0.6 is 11.8 Å². The molecule has 0 radical (unpaired) electrons. The molecule has 2 unspecified atom stereocenters. The number of sulfone groups is 1. The first-order valence-corrected chi connectivity index (χ1v) is 8.55. The number of carbonyl (C=O) groups excluding carboxylic acids is 1. The Bertz CT molecular complexity index is 358. The summed E-state index contributed by atoms with van der Waals surface area (Å²) in [7, 11) is -2.89. The zero-order valence-electron chi connectivity index (χ0n) is 9.72. The summed E-state index contributed by atoms with van der Waals surface area (Å²) in [6.45, 7) is 0. The van der Waals surface area contributed by atoms with E-state index in [1.165, 1.54) is 18.0 Å². The van der Waals surface area contributed by atoms with Crippen LogP contribution in [0.3, 0.4) is 0 Å². The first-order valence-electron chi connectivity index (χ1n) is 5.34. The van der Waals surface area contributed by atoms with Crippen molar-refractivity contribution in [2.24, 2.45) is 5.84 Å². The van der Waals surface area contributed by atoms with Crippen molar-refractivity contribution < 1.29 is 17.9 Å². The van der Waals surface area contributed by atoms with Crippen molar-refractivity contribution in [2.45, 2.75) is 25.0 Å². The Kier molecular flexibility index (Phi) is 5.71. The van der Waals surface area contributed by atoms with Crippen molar-refractivity contribution in [3.8, 4) is 0 Å². The highest BCUT2D eigenvalue weighted by molar-refractivity contribution is 8.00. The highest BCUT2D eigenvalue weighted by Gasteiger charge is 2.29. The second kappa shape index (κ2) is 6.58. The minimum absolute atomic E-state index is 0.0156. The molecular weight excluding hydrogens is 264 g/mol. The molecule has 0 bridgehead atoms. The van der Waals surface area contributed by atoms with Crippen molar-refractivity contribution in [3.63, 3.8) is 0 Å². The molecular formula is C9H18N2O4S2. The van der Waals surface area contributed by atoms with Gasteiger partial charge in [-0.25, -0.2) is 14.3 Å². The Morgan fingerprint density at radius 3 is 2.82 bits per heavy atom. The van der Waals surface area contributed by atoms with E-state index in [1.807, 2.05) is 0 Å². The number of hydrogen-bond acceptors (Lipinski definition) is 6. The summed E-state index contributed by atoms with van der Waals surface area (Å²) in [5.74, 6) is 6.17. The summed E-state index contributed by atoms with van der Waals surface area (Å²) < 4.78 is 27.3.